The minimum absolute atomic E-state index is 0.187. The van der Waals surface area contributed by atoms with E-state index in [9.17, 15) is 40.0 Å². The van der Waals surface area contributed by atoms with Crippen molar-refractivity contribution in [2.75, 3.05) is 0 Å². The van der Waals surface area contributed by atoms with E-state index in [1.54, 1.807) is 36.4 Å². The number of rotatable bonds is 8. The molecule has 0 bridgehead atoms. The number of aliphatic carboxylic acids is 2. The predicted molar refractivity (Wildman–Crippen MR) is 118 cm³/mol. The summed E-state index contributed by atoms with van der Waals surface area (Å²) < 4.78 is 0. The van der Waals surface area contributed by atoms with Crippen molar-refractivity contribution in [3.8, 4) is 0 Å². The molecule has 0 fully saturated rings. The average Bonchev–Trinajstić information content (AvgIpc) is 2.81. The lowest BCUT2D eigenvalue weighted by Gasteiger charge is -2.11. The van der Waals surface area contributed by atoms with Crippen LogP contribution < -0.4 is 10.2 Å². The maximum absolute atomic E-state index is 11.7. The fourth-order valence-electron chi connectivity index (χ4n) is 3.23. The number of nitrogens with zero attached hydrogens (tertiary/aromatic N) is 2. The number of carboxylic acids is 2. The zero-order valence-electron chi connectivity index (χ0n) is 17.2. The van der Waals surface area contributed by atoms with Gasteiger partial charge in [0.15, 0.2) is 0 Å². The Morgan fingerprint density at radius 3 is 1.26 bits per heavy atom. The molecular formula is C24H14N2O8-2. The van der Waals surface area contributed by atoms with Gasteiger partial charge in [-0.05, 0) is 29.3 Å². The van der Waals surface area contributed by atoms with Gasteiger partial charge < -0.3 is 19.8 Å². The van der Waals surface area contributed by atoms with Gasteiger partial charge in [-0.3, -0.25) is 20.2 Å². The first kappa shape index (κ1) is 23.5. The average molecular weight is 458 g/mol. The molecule has 0 radical (unpaired) electrons. The van der Waals surface area contributed by atoms with Crippen molar-refractivity contribution in [1.82, 2.24) is 0 Å². The molecule has 0 amide bonds. The highest BCUT2D eigenvalue weighted by atomic mass is 16.6. The van der Waals surface area contributed by atoms with Crippen LogP contribution >= 0.6 is 0 Å². The zero-order chi connectivity index (χ0) is 24.8. The smallest absolute Gasteiger partial charge is 0.283 e. The van der Waals surface area contributed by atoms with Crippen molar-refractivity contribution < 1.29 is 29.6 Å². The monoisotopic (exact) mass is 458 g/mol. The van der Waals surface area contributed by atoms with E-state index in [0.717, 1.165) is 18.2 Å². The molecule has 0 heterocycles. The van der Waals surface area contributed by atoms with Crippen LogP contribution in [0.5, 0.6) is 0 Å². The van der Waals surface area contributed by atoms with E-state index >= 15 is 0 Å². The molecule has 170 valence electrons. The molecule has 10 heteroatoms. The molecule has 0 saturated heterocycles. The van der Waals surface area contributed by atoms with Gasteiger partial charge in [0.1, 0.15) is 0 Å². The molecule has 0 aliphatic rings. The highest BCUT2D eigenvalue weighted by molar-refractivity contribution is 6.21. The summed E-state index contributed by atoms with van der Waals surface area (Å²) in [5.41, 5.74) is -2.52. The Hall–Kier alpha value is -5.12. The van der Waals surface area contributed by atoms with Crippen LogP contribution in [0.4, 0.5) is 11.4 Å². The predicted octanol–water partition coefficient (Wildman–Crippen LogP) is 2.08. The number of carbonyl (C=O) groups excluding carboxylic acids is 2. The number of carbonyl (C=O) groups is 2. The number of benzene rings is 3. The minimum Gasteiger partial charge on any atom is -0.545 e. The third-order valence-corrected chi connectivity index (χ3v) is 4.78. The number of nitro groups is 2. The summed E-state index contributed by atoms with van der Waals surface area (Å²) >= 11 is 0. The maximum atomic E-state index is 11.7. The number of nitro benzene ring substituents is 2. The van der Waals surface area contributed by atoms with Crippen LogP contribution in [0, 0.1) is 20.2 Å². The molecule has 3 aromatic carbocycles. The van der Waals surface area contributed by atoms with E-state index in [-0.39, 0.29) is 22.3 Å². The molecule has 3 rings (SSSR count). The second kappa shape index (κ2) is 10.0. The number of carboxylic acid groups (broad SMARTS) is 2. The molecule has 0 aromatic heterocycles. The molecule has 3 aromatic rings. The second-order valence-corrected chi connectivity index (χ2v) is 6.91. The Labute approximate surface area is 192 Å². The summed E-state index contributed by atoms with van der Waals surface area (Å²) in [5, 5.41) is 46.7. The van der Waals surface area contributed by atoms with E-state index in [0.29, 0.717) is 6.07 Å². The van der Waals surface area contributed by atoms with Gasteiger partial charge in [-0.1, -0.05) is 60.7 Å². The largest absolute Gasteiger partial charge is 0.545 e. The van der Waals surface area contributed by atoms with Gasteiger partial charge in [0, 0.05) is 11.1 Å². The third kappa shape index (κ3) is 5.19. The normalized spacial score (nSPS) is 11.6. The Kier molecular flexibility index (Phi) is 6.92. The molecule has 0 spiro atoms. The molecule has 10 nitrogen and oxygen atoms in total. The van der Waals surface area contributed by atoms with Gasteiger partial charge >= 0.3 is 0 Å². The first-order chi connectivity index (χ1) is 16.2. The van der Waals surface area contributed by atoms with Gasteiger partial charge in [0.25, 0.3) is 11.4 Å². The fraction of sp³-hybridized carbons (Fsp3) is 0. The van der Waals surface area contributed by atoms with Crippen molar-refractivity contribution in [1.29, 1.82) is 0 Å². The van der Waals surface area contributed by atoms with Gasteiger partial charge in [0.05, 0.1) is 39.0 Å². The maximum Gasteiger partial charge on any atom is 0.283 e. The van der Waals surface area contributed by atoms with Gasteiger partial charge in [-0.25, -0.2) is 0 Å². The van der Waals surface area contributed by atoms with Crippen molar-refractivity contribution >= 4 is 46.6 Å². The van der Waals surface area contributed by atoms with Crippen molar-refractivity contribution in [3.05, 3.63) is 115 Å². The fourth-order valence-corrected chi connectivity index (χ4v) is 3.23. The standard InChI is InChI=1S/C24H16N2O8/c27-23(28)19(15-7-3-1-4-8-15)12-17-11-18(22(26(33)34)14-21(17)25(31)32)13-20(24(29)30)16-9-5-2-6-10-16/h1-14H,(H,27,28)(H,29,30)/p-2/b19-12+,20-13+. The molecule has 0 aliphatic heterocycles. The number of hydrogen-bond acceptors (Lipinski definition) is 8. The van der Waals surface area contributed by atoms with E-state index in [1.165, 1.54) is 24.3 Å². The van der Waals surface area contributed by atoms with Crippen LogP contribution in [-0.4, -0.2) is 21.8 Å². The Bertz CT molecular complexity index is 1250. The molecule has 0 unspecified atom stereocenters. The summed E-state index contributed by atoms with van der Waals surface area (Å²) in [5.74, 6) is -3.26. The number of hydrogen-bond donors (Lipinski definition) is 0. The van der Waals surface area contributed by atoms with E-state index in [2.05, 4.69) is 0 Å². The van der Waals surface area contributed by atoms with Crippen LogP contribution in [-0.2, 0) is 9.59 Å². The highest BCUT2D eigenvalue weighted by Gasteiger charge is 2.24. The van der Waals surface area contributed by atoms with E-state index < -0.39 is 44.3 Å². The van der Waals surface area contributed by atoms with Crippen LogP contribution in [0.2, 0.25) is 0 Å². The van der Waals surface area contributed by atoms with Gasteiger partial charge in [-0.2, -0.15) is 0 Å². The summed E-state index contributed by atoms with van der Waals surface area (Å²) in [6.07, 6.45) is 1.90. The van der Waals surface area contributed by atoms with E-state index in [1.807, 2.05) is 0 Å². The van der Waals surface area contributed by atoms with Crippen molar-refractivity contribution in [2.45, 2.75) is 0 Å². The topological polar surface area (TPSA) is 167 Å². The molecular weight excluding hydrogens is 444 g/mol. The Morgan fingerprint density at radius 2 is 0.971 bits per heavy atom. The first-order valence-electron chi connectivity index (χ1n) is 9.62. The van der Waals surface area contributed by atoms with Crippen LogP contribution in [0.15, 0.2) is 72.8 Å². The van der Waals surface area contributed by atoms with Gasteiger partial charge in [-0.15, -0.1) is 0 Å². The molecule has 0 saturated carbocycles. The molecule has 0 atom stereocenters. The first-order valence-corrected chi connectivity index (χ1v) is 9.62. The highest BCUT2D eigenvalue weighted by Crippen LogP contribution is 2.34. The molecule has 0 aliphatic carbocycles. The Balaban J connectivity index is 2.33. The van der Waals surface area contributed by atoms with Crippen LogP contribution in [0.1, 0.15) is 22.3 Å². The van der Waals surface area contributed by atoms with Crippen molar-refractivity contribution in [3.63, 3.8) is 0 Å². The Morgan fingerprint density at radius 1 is 0.618 bits per heavy atom. The summed E-state index contributed by atoms with van der Waals surface area (Å²) in [6, 6.07) is 16.9. The molecule has 34 heavy (non-hydrogen) atoms. The van der Waals surface area contributed by atoms with Crippen LogP contribution in [0.3, 0.4) is 0 Å². The lowest BCUT2D eigenvalue weighted by molar-refractivity contribution is -0.394. The summed E-state index contributed by atoms with van der Waals surface area (Å²) in [4.78, 5) is 44.9. The van der Waals surface area contributed by atoms with E-state index in [4.69, 9.17) is 0 Å². The summed E-state index contributed by atoms with van der Waals surface area (Å²) in [6.45, 7) is 0. The second-order valence-electron chi connectivity index (χ2n) is 6.91. The zero-order valence-corrected chi connectivity index (χ0v) is 17.2. The quantitative estimate of drug-likeness (QED) is 0.214. The lowest BCUT2D eigenvalue weighted by atomic mass is 9.97. The summed E-state index contributed by atoms with van der Waals surface area (Å²) in [7, 11) is 0. The minimum atomic E-state index is -1.63. The molecule has 0 N–H and O–H groups in total. The van der Waals surface area contributed by atoms with Crippen molar-refractivity contribution in [2.24, 2.45) is 0 Å². The third-order valence-electron chi connectivity index (χ3n) is 4.78. The SMILES string of the molecule is O=C([O-])/C(=C/c1cc(/C=C(/C(=O)[O-])c2ccccc2)c([N+](=O)[O-])cc1[N+](=O)[O-])c1ccccc1. The lowest BCUT2D eigenvalue weighted by Crippen LogP contribution is -2.23. The van der Waals surface area contributed by atoms with Gasteiger partial charge in [0.2, 0.25) is 0 Å². The van der Waals surface area contributed by atoms with Crippen LogP contribution in [0.25, 0.3) is 23.3 Å².